The first kappa shape index (κ1) is 15.0. The van der Waals surface area contributed by atoms with Crippen LogP contribution < -0.4 is 4.31 Å². The number of aliphatic carboxylic acids is 1. The lowest BCUT2D eigenvalue weighted by atomic mass is 10.2. The van der Waals surface area contributed by atoms with Gasteiger partial charge in [0.1, 0.15) is 6.54 Å². The summed E-state index contributed by atoms with van der Waals surface area (Å²) in [6.07, 6.45) is 2.68. The first-order valence-corrected chi connectivity index (χ1v) is 7.54. The SMILES string of the molecule is Cc1ccc(N(CC(=O)O)S(=O)(=O)c2cn(C)cn2)cc1. The van der Waals surface area contributed by atoms with Crippen molar-refractivity contribution in [2.45, 2.75) is 11.9 Å². The largest absolute Gasteiger partial charge is 0.480 e. The fourth-order valence-electron chi connectivity index (χ4n) is 1.78. The molecule has 0 atom stereocenters. The average Bonchev–Trinajstić information content (AvgIpc) is 2.84. The van der Waals surface area contributed by atoms with Crippen molar-refractivity contribution in [3.8, 4) is 0 Å². The van der Waals surface area contributed by atoms with E-state index in [2.05, 4.69) is 4.98 Å². The molecule has 2 aromatic rings. The molecule has 1 N–H and O–H groups in total. The minimum Gasteiger partial charge on any atom is -0.480 e. The van der Waals surface area contributed by atoms with Crippen molar-refractivity contribution in [3.63, 3.8) is 0 Å². The Bertz CT molecular complexity index is 750. The Balaban J connectivity index is 2.49. The van der Waals surface area contributed by atoms with E-state index in [1.165, 1.54) is 17.1 Å². The highest BCUT2D eigenvalue weighted by molar-refractivity contribution is 7.92. The number of sulfonamides is 1. The van der Waals surface area contributed by atoms with Crippen molar-refractivity contribution in [2.75, 3.05) is 10.8 Å². The zero-order valence-electron chi connectivity index (χ0n) is 11.6. The van der Waals surface area contributed by atoms with Crippen LogP contribution in [0.2, 0.25) is 0 Å². The van der Waals surface area contributed by atoms with Crippen LogP contribution in [-0.4, -0.2) is 35.6 Å². The minimum atomic E-state index is -4.02. The van der Waals surface area contributed by atoms with Crippen LogP contribution in [0.4, 0.5) is 5.69 Å². The molecule has 0 aliphatic heterocycles. The molecule has 0 radical (unpaired) electrons. The maximum absolute atomic E-state index is 12.6. The molecule has 0 bridgehead atoms. The monoisotopic (exact) mass is 309 g/mol. The molecule has 0 aliphatic rings. The van der Waals surface area contributed by atoms with Crippen LogP contribution in [0.15, 0.2) is 41.8 Å². The standard InChI is InChI=1S/C13H15N3O4S/c1-10-3-5-11(6-4-10)16(8-13(17)18)21(19,20)12-7-15(2)9-14-12/h3-7,9H,8H2,1-2H3,(H,17,18). The number of carbonyl (C=O) groups is 1. The molecule has 2 rings (SSSR count). The van der Waals surface area contributed by atoms with Crippen molar-refractivity contribution in [1.82, 2.24) is 9.55 Å². The number of anilines is 1. The van der Waals surface area contributed by atoms with Gasteiger partial charge in [0.05, 0.1) is 12.0 Å². The molecule has 0 fully saturated rings. The Morgan fingerprint density at radius 2 is 1.95 bits per heavy atom. The van der Waals surface area contributed by atoms with Gasteiger partial charge in [-0.2, -0.15) is 8.42 Å². The fraction of sp³-hybridized carbons (Fsp3) is 0.231. The van der Waals surface area contributed by atoms with E-state index in [0.717, 1.165) is 9.87 Å². The zero-order chi connectivity index (χ0) is 15.6. The lowest BCUT2D eigenvalue weighted by Gasteiger charge is -2.21. The van der Waals surface area contributed by atoms with Crippen molar-refractivity contribution < 1.29 is 18.3 Å². The quantitative estimate of drug-likeness (QED) is 0.889. The third-order valence-corrected chi connectivity index (χ3v) is 4.50. The predicted molar refractivity (Wildman–Crippen MR) is 76.6 cm³/mol. The van der Waals surface area contributed by atoms with Crippen LogP contribution in [0.25, 0.3) is 0 Å². The summed E-state index contributed by atoms with van der Waals surface area (Å²) in [5.41, 5.74) is 1.23. The molecule has 0 aliphatic carbocycles. The van der Waals surface area contributed by atoms with Gasteiger partial charge < -0.3 is 9.67 Å². The normalized spacial score (nSPS) is 11.3. The predicted octanol–water partition coefficient (Wildman–Crippen LogP) is 1.01. The molecule has 1 heterocycles. The molecule has 8 heteroatoms. The van der Waals surface area contributed by atoms with Crippen LogP contribution in [0.5, 0.6) is 0 Å². The van der Waals surface area contributed by atoms with Gasteiger partial charge in [-0.25, -0.2) is 4.98 Å². The summed E-state index contributed by atoms with van der Waals surface area (Å²) < 4.78 is 27.4. The summed E-state index contributed by atoms with van der Waals surface area (Å²) in [6, 6.07) is 6.58. The fourth-order valence-corrected chi connectivity index (χ4v) is 3.17. The maximum atomic E-state index is 12.6. The Morgan fingerprint density at radius 3 is 2.43 bits per heavy atom. The van der Waals surface area contributed by atoms with Gasteiger partial charge in [0.25, 0.3) is 10.0 Å². The zero-order valence-corrected chi connectivity index (χ0v) is 12.4. The van der Waals surface area contributed by atoms with Gasteiger partial charge in [-0.15, -0.1) is 0 Å². The molecule has 0 unspecified atom stereocenters. The number of nitrogens with zero attached hydrogens (tertiary/aromatic N) is 3. The number of hydrogen-bond donors (Lipinski definition) is 1. The minimum absolute atomic E-state index is 0.188. The van der Waals surface area contributed by atoms with Crippen LogP contribution in [0.3, 0.4) is 0 Å². The van der Waals surface area contributed by atoms with Crippen LogP contribution in [-0.2, 0) is 21.9 Å². The molecule has 21 heavy (non-hydrogen) atoms. The topological polar surface area (TPSA) is 92.5 Å². The highest BCUT2D eigenvalue weighted by Crippen LogP contribution is 2.22. The maximum Gasteiger partial charge on any atom is 0.324 e. The van der Waals surface area contributed by atoms with Crippen molar-refractivity contribution in [3.05, 3.63) is 42.4 Å². The van der Waals surface area contributed by atoms with E-state index in [1.807, 2.05) is 6.92 Å². The van der Waals surface area contributed by atoms with Gasteiger partial charge in [0.2, 0.25) is 0 Å². The molecule has 112 valence electrons. The molecule has 1 aromatic carbocycles. The highest BCUT2D eigenvalue weighted by atomic mass is 32.2. The van der Waals surface area contributed by atoms with Crippen molar-refractivity contribution >= 4 is 21.7 Å². The number of aryl methyl sites for hydroxylation is 2. The lowest BCUT2D eigenvalue weighted by molar-refractivity contribution is -0.135. The first-order chi connectivity index (χ1) is 9.80. The van der Waals surface area contributed by atoms with Gasteiger partial charge in [0, 0.05) is 13.2 Å². The Hall–Kier alpha value is -2.35. The van der Waals surface area contributed by atoms with E-state index < -0.39 is 22.5 Å². The molecule has 7 nitrogen and oxygen atoms in total. The molecule has 0 saturated heterocycles. The second-order valence-corrected chi connectivity index (χ2v) is 6.43. The first-order valence-electron chi connectivity index (χ1n) is 6.10. The summed E-state index contributed by atoms with van der Waals surface area (Å²) in [5.74, 6) is -1.24. The van der Waals surface area contributed by atoms with Crippen LogP contribution in [0, 0.1) is 6.92 Å². The summed E-state index contributed by atoms with van der Waals surface area (Å²) in [7, 11) is -2.38. The summed E-state index contributed by atoms with van der Waals surface area (Å²) in [5, 5.41) is 8.80. The van der Waals surface area contributed by atoms with E-state index in [1.54, 1.807) is 31.3 Å². The van der Waals surface area contributed by atoms with Crippen LogP contribution >= 0.6 is 0 Å². The number of carboxylic acids is 1. The number of benzene rings is 1. The van der Waals surface area contributed by atoms with Crippen molar-refractivity contribution in [1.29, 1.82) is 0 Å². The Labute approximate surface area is 122 Å². The van der Waals surface area contributed by atoms with Gasteiger partial charge in [-0.05, 0) is 19.1 Å². The van der Waals surface area contributed by atoms with E-state index in [0.29, 0.717) is 0 Å². The second kappa shape index (κ2) is 5.57. The number of hydrogen-bond acceptors (Lipinski definition) is 4. The van der Waals surface area contributed by atoms with Gasteiger partial charge >= 0.3 is 5.97 Å². The summed E-state index contributed by atoms with van der Waals surface area (Å²) in [6.45, 7) is 1.19. The third kappa shape index (κ3) is 3.22. The van der Waals surface area contributed by atoms with Crippen molar-refractivity contribution in [2.24, 2.45) is 7.05 Å². The second-order valence-electron chi connectivity index (χ2n) is 4.62. The smallest absolute Gasteiger partial charge is 0.324 e. The van der Waals surface area contributed by atoms with Gasteiger partial charge in [-0.3, -0.25) is 9.10 Å². The molecule has 1 aromatic heterocycles. The number of carboxylic acid groups (broad SMARTS) is 1. The van der Waals surface area contributed by atoms with E-state index >= 15 is 0 Å². The van der Waals surface area contributed by atoms with E-state index in [-0.39, 0.29) is 10.7 Å². The number of aromatic nitrogens is 2. The van der Waals surface area contributed by atoms with Gasteiger partial charge in [0.15, 0.2) is 5.03 Å². The van der Waals surface area contributed by atoms with Gasteiger partial charge in [-0.1, -0.05) is 17.7 Å². The third-order valence-electron chi connectivity index (χ3n) is 2.84. The molecule has 0 spiro atoms. The lowest BCUT2D eigenvalue weighted by Crippen LogP contribution is -2.36. The van der Waals surface area contributed by atoms with Crippen LogP contribution in [0.1, 0.15) is 5.56 Å². The number of imidazole rings is 1. The highest BCUT2D eigenvalue weighted by Gasteiger charge is 2.28. The number of rotatable bonds is 5. The molecule has 0 saturated carbocycles. The average molecular weight is 309 g/mol. The molecule has 0 amide bonds. The summed E-state index contributed by atoms with van der Waals surface area (Å²) in [4.78, 5) is 14.8. The Kier molecular flexibility index (Phi) is 3.99. The summed E-state index contributed by atoms with van der Waals surface area (Å²) >= 11 is 0. The van der Waals surface area contributed by atoms with E-state index in [9.17, 15) is 13.2 Å². The molecular formula is C13H15N3O4S. The Morgan fingerprint density at radius 1 is 1.33 bits per heavy atom. The van der Waals surface area contributed by atoms with E-state index in [4.69, 9.17) is 5.11 Å². The molecular weight excluding hydrogens is 294 g/mol.